The molecule has 1 aliphatic heterocycles. The average Bonchev–Trinajstić information content (AvgIpc) is 3.30. The Morgan fingerprint density at radius 3 is 2.76 bits per heavy atom. The van der Waals surface area contributed by atoms with Crippen molar-refractivity contribution in [3.05, 3.63) is 48.5 Å². The lowest BCUT2D eigenvalue weighted by molar-refractivity contribution is -0.124. The van der Waals surface area contributed by atoms with Crippen LogP contribution in [0.3, 0.4) is 0 Å². The molecule has 0 radical (unpaired) electrons. The first kappa shape index (κ1) is 19.2. The predicted octanol–water partition coefficient (Wildman–Crippen LogP) is -1.16. The van der Waals surface area contributed by atoms with Gasteiger partial charge < -0.3 is 31.7 Å². The molecular weight excluding hydrogens is 378 g/mol. The lowest BCUT2D eigenvalue weighted by Crippen LogP contribution is -2.50. The third kappa shape index (κ3) is 3.40. The van der Waals surface area contributed by atoms with Gasteiger partial charge in [0.15, 0.2) is 17.7 Å². The summed E-state index contributed by atoms with van der Waals surface area (Å²) in [5, 5.41) is 23.2. The molecule has 152 valence electrons. The number of nitrogens with zero attached hydrogens (tertiary/aromatic N) is 4. The van der Waals surface area contributed by atoms with Crippen molar-refractivity contribution >= 4 is 22.9 Å². The number of carbonyl (C=O) groups is 1. The second-order valence-corrected chi connectivity index (χ2v) is 6.74. The number of fused-ring (bicyclic) bond motifs is 1. The maximum atomic E-state index is 12.6. The number of amides is 1. The van der Waals surface area contributed by atoms with Gasteiger partial charge in [-0.15, -0.1) is 0 Å². The Morgan fingerprint density at radius 2 is 2.03 bits per heavy atom. The predicted molar refractivity (Wildman–Crippen MR) is 102 cm³/mol. The van der Waals surface area contributed by atoms with Crippen LogP contribution < -0.4 is 16.8 Å². The number of aromatic nitrogens is 4. The molecule has 29 heavy (non-hydrogen) atoms. The van der Waals surface area contributed by atoms with Crippen molar-refractivity contribution in [3.8, 4) is 0 Å². The summed E-state index contributed by atoms with van der Waals surface area (Å²) in [6, 6.07) is 7.04. The summed E-state index contributed by atoms with van der Waals surface area (Å²) < 4.78 is 7.27. The minimum Gasteiger partial charge on any atom is -0.394 e. The molecule has 7 N–H and O–H groups in total. The van der Waals surface area contributed by atoms with Gasteiger partial charge >= 0.3 is 0 Å². The normalized spacial score (nSPS) is 25.2. The van der Waals surface area contributed by atoms with Crippen LogP contribution in [0.25, 0.3) is 11.2 Å². The van der Waals surface area contributed by atoms with E-state index in [1.807, 2.05) is 6.07 Å². The fourth-order valence-corrected chi connectivity index (χ4v) is 3.43. The maximum absolute atomic E-state index is 12.6. The zero-order valence-corrected chi connectivity index (χ0v) is 15.3. The van der Waals surface area contributed by atoms with Gasteiger partial charge in [0.2, 0.25) is 5.91 Å². The summed E-state index contributed by atoms with van der Waals surface area (Å²) in [6.45, 7) is -0.414. The molecule has 2 unspecified atom stereocenters. The second-order valence-electron chi connectivity index (χ2n) is 6.74. The number of rotatable bonds is 5. The molecule has 3 heterocycles. The summed E-state index contributed by atoms with van der Waals surface area (Å²) in [7, 11) is 0. The van der Waals surface area contributed by atoms with Gasteiger partial charge in [0, 0.05) is 0 Å². The molecule has 0 aliphatic carbocycles. The number of ether oxygens (including phenoxy) is 1. The summed E-state index contributed by atoms with van der Waals surface area (Å²) >= 11 is 0. The topological polar surface area (TPSA) is 174 Å². The highest BCUT2D eigenvalue weighted by molar-refractivity contribution is 5.83. The molecular formula is C18H21N7O4. The van der Waals surface area contributed by atoms with Crippen LogP contribution in [0.4, 0.5) is 5.82 Å². The molecule has 4 rings (SSSR count). The number of benzene rings is 1. The van der Waals surface area contributed by atoms with Crippen molar-refractivity contribution in [3.63, 3.8) is 0 Å². The standard InChI is InChI=1S/C18H21N7O4/c19-11(9-4-2-1-3-5-9)17(28)24-12-10(6-26)29-18(14(12)27)25-8-23-13-15(20)21-7-22-16(13)25/h1-5,7-8,10-12,14,18,26-27H,6,19H2,(H,24,28)(H2,20,21,22)/t10-,11?,12?,14+,18-/m1/s1. The quantitative estimate of drug-likeness (QED) is 0.354. The molecule has 1 fully saturated rings. The number of nitrogens with two attached hydrogens (primary N) is 2. The number of carbonyl (C=O) groups excluding carboxylic acids is 1. The Morgan fingerprint density at radius 1 is 1.28 bits per heavy atom. The highest BCUT2D eigenvalue weighted by Gasteiger charge is 2.46. The van der Waals surface area contributed by atoms with E-state index in [0.29, 0.717) is 16.7 Å². The molecule has 0 saturated carbocycles. The van der Waals surface area contributed by atoms with Crippen molar-refractivity contribution in [2.45, 2.75) is 30.5 Å². The van der Waals surface area contributed by atoms with Gasteiger partial charge in [-0.2, -0.15) is 0 Å². The van der Waals surface area contributed by atoms with Crippen LogP contribution in [-0.4, -0.2) is 60.5 Å². The Balaban J connectivity index is 1.57. The maximum Gasteiger partial charge on any atom is 0.241 e. The van der Waals surface area contributed by atoms with Gasteiger partial charge in [-0.05, 0) is 5.56 Å². The van der Waals surface area contributed by atoms with Crippen molar-refractivity contribution in [2.75, 3.05) is 12.3 Å². The molecule has 5 atom stereocenters. The fraction of sp³-hybridized carbons (Fsp3) is 0.333. The van der Waals surface area contributed by atoms with Gasteiger partial charge in [-0.3, -0.25) is 9.36 Å². The monoisotopic (exact) mass is 399 g/mol. The lowest BCUT2D eigenvalue weighted by Gasteiger charge is -2.23. The molecule has 11 nitrogen and oxygen atoms in total. The summed E-state index contributed by atoms with van der Waals surface area (Å²) in [6.07, 6.45) is -0.285. The number of nitrogens with one attached hydrogen (secondary N) is 1. The Kier molecular flexibility index (Phi) is 5.11. The number of hydrogen-bond donors (Lipinski definition) is 5. The van der Waals surface area contributed by atoms with Crippen LogP contribution in [-0.2, 0) is 9.53 Å². The van der Waals surface area contributed by atoms with Crippen LogP contribution >= 0.6 is 0 Å². The molecule has 1 amide bonds. The van der Waals surface area contributed by atoms with E-state index >= 15 is 0 Å². The molecule has 11 heteroatoms. The Bertz CT molecular complexity index is 1010. The van der Waals surface area contributed by atoms with E-state index in [4.69, 9.17) is 16.2 Å². The van der Waals surface area contributed by atoms with E-state index < -0.39 is 43.0 Å². The smallest absolute Gasteiger partial charge is 0.241 e. The Labute approximate surface area is 165 Å². The summed E-state index contributed by atoms with van der Waals surface area (Å²) in [5.41, 5.74) is 13.2. The zero-order chi connectivity index (χ0) is 20.5. The van der Waals surface area contributed by atoms with E-state index in [-0.39, 0.29) is 5.82 Å². The summed E-state index contributed by atoms with van der Waals surface area (Å²) in [5.74, 6) is -0.302. The first-order chi connectivity index (χ1) is 14.0. The van der Waals surface area contributed by atoms with Gasteiger partial charge in [-0.25, -0.2) is 15.0 Å². The van der Waals surface area contributed by atoms with Crippen molar-refractivity contribution in [1.29, 1.82) is 0 Å². The van der Waals surface area contributed by atoms with Crippen molar-refractivity contribution in [2.24, 2.45) is 5.73 Å². The van der Waals surface area contributed by atoms with Crippen LogP contribution in [0.2, 0.25) is 0 Å². The first-order valence-corrected chi connectivity index (χ1v) is 8.99. The molecule has 1 aliphatic rings. The first-order valence-electron chi connectivity index (χ1n) is 8.99. The fourth-order valence-electron chi connectivity index (χ4n) is 3.43. The van der Waals surface area contributed by atoms with Crippen LogP contribution in [0.15, 0.2) is 43.0 Å². The number of hydrogen-bond acceptors (Lipinski definition) is 9. The molecule has 1 saturated heterocycles. The third-order valence-corrected chi connectivity index (χ3v) is 4.97. The number of nitrogen functional groups attached to an aromatic ring is 1. The highest BCUT2D eigenvalue weighted by atomic mass is 16.5. The lowest BCUT2D eigenvalue weighted by atomic mass is 10.0. The van der Waals surface area contributed by atoms with Gasteiger partial charge in [0.05, 0.1) is 19.0 Å². The molecule has 0 bridgehead atoms. The molecule has 3 aromatic rings. The number of aliphatic hydroxyl groups excluding tert-OH is 2. The van der Waals surface area contributed by atoms with E-state index in [1.165, 1.54) is 17.2 Å². The molecule has 0 spiro atoms. The second kappa shape index (κ2) is 7.72. The highest BCUT2D eigenvalue weighted by Crippen LogP contribution is 2.32. The minimum absolute atomic E-state index is 0.193. The zero-order valence-electron chi connectivity index (χ0n) is 15.3. The third-order valence-electron chi connectivity index (χ3n) is 4.97. The SMILES string of the molecule is Nc1ncnc2c1ncn2[C@@H]1O[C@H](CO)C(NC(=O)C(N)c2ccccc2)[C@@H]1O. The van der Waals surface area contributed by atoms with E-state index in [1.54, 1.807) is 24.3 Å². The summed E-state index contributed by atoms with van der Waals surface area (Å²) in [4.78, 5) is 24.8. The van der Waals surface area contributed by atoms with Gasteiger partial charge in [0.25, 0.3) is 0 Å². The van der Waals surface area contributed by atoms with Gasteiger partial charge in [0.1, 0.15) is 30.1 Å². The van der Waals surface area contributed by atoms with Crippen LogP contribution in [0, 0.1) is 0 Å². The average molecular weight is 399 g/mol. The van der Waals surface area contributed by atoms with Crippen molar-refractivity contribution < 1.29 is 19.7 Å². The number of aliphatic hydroxyl groups is 2. The van der Waals surface area contributed by atoms with Crippen LogP contribution in [0.5, 0.6) is 0 Å². The largest absolute Gasteiger partial charge is 0.394 e. The minimum atomic E-state index is -1.19. The molecule has 1 aromatic carbocycles. The van der Waals surface area contributed by atoms with Crippen LogP contribution in [0.1, 0.15) is 17.8 Å². The van der Waals surface area contributed by atoms with E-state index in [2.05, 4.69) is 20.3 Å². The van der Waals surface area contributed by atoms with E-state index in [0.717, 1.165) is 0 Å². The number of anilines is 1. The van der Waals surface area contributed by atoms with Crippen molar-refractivity contribution in [1.82, 2.24) is 24.8 Å². The van der Waals surface area contributed by atoms with Gasteiger partial charge in [-0.1, -0.05) is 30.3 Å². The Hall–Kier alpha value is -3.12. The molecule has 2 aromatic heterocycles. The van der Waals surface area contributed by atoms with E-state index in [9.17, 15) is 15.0 Å². The number of imidazole rings is 1.